The van der Waals surface area contributed by atoms with Gasteiger partial charge in [0.05, 0.1) is 0 Å². The number of nitrogens with one attached hydrogen (secondary N) is 2. The minimum atomic E-state index is -1.23. The fraction of sp³-hybridized carbons (Fsp3) is 0.192. The van der Waals surface area contributed by atoms with Crippen LogP contribution < -0.4 is 10.6 Å². The van der Waals surface area contributed by atoms with Crippen LogP contribution in [0.1, 0.15) is 16.7 Å². The summed E-state index contributed by atoms with van der Waals surface area (Å²) in [5.74, 6) is -1.85. The number of rotatable bonds is 10. The monoisotopic (exact) mass is 480 g/mol. The summed E-state index contributed by atoms with van der Waals surface area (Å²) >= 11 is 6.15. The van der Waals surface area contributed by atoms with Crippen LogP contribution in [0.2, 0.25) is 5.02 Å². The molecule has 3 N–H and O–H groups in total. The summed E-state index contributed by atoms with van der Waals surface area (Å²) in [4.78, 5) is 37.3. The molecule has 3 aromatic rings. The van der Waals surface area contributed by atoms with Crippen LogP contribution in [-0.2, 0) is 33.8 Å². The van der Waals surface area contributed by atoms with Crippen molar-refractivity contribution in [3.8, 4) is 0 Å². The minimum absolute atomic E-state index is 0.00272. The van der Waals surface area contributed by atoms with E-state index >= 15 is 0 Å². The summed E-state index contributed by atoms with van der Waals surface area (Å²) in [5, 5.41) is 15.2. The molecule has 8 heteroatoms. The molecule has 0 aliphatic carbocycles. The van der Waals surface area contributed by atoms with Crippen LogP contribution in [0.3, 0.4) is 0 Å². The molecule has 2 atom stereocenters. The molecular weight excluding hydrogens is 456 g/mol. The Labute approximate surface area is 202 Å². The second-order valence-corrected chi connectivity index (χ2v) is 8.05. The van der Waals surface area contributed by atoms with Crippen LogP contribution in [0.25, 0.3) is 0 Å². The molecular formula is C26H25ClN2O5. The maximum Gasteiger partial charge on any atom is 0.408 e. The Morgan fingerprint density at radius 2 is 1.35 bits per heavy atom. The van der Waals surface area contributed by atoms with Gasteiger partial charge in [-0.3, -0.25) is 4.79 Å². The lowest BCUT2D eigenvalue weighted by Crippen LogP contribution is -2.53. The maximum atomic E-state index is 13.1. The molecule has 0 saturated carbocycles. The molecule has 176 valence electrons. The van der Waals surface area contributed by atoms with E-state index < -0.39 is 30.1 Å². The zero-order valence-corrected chi connectivity index (χ0v) is 19.1. The molecule has 0 saturated heterocycles. The Balaban J connectivity index is 1.70. The van der Waals surface area contributed by atoms with Crippen molar-refractivity contribution in [2.45, 2.75) is 31.5 Å². The zero-order chi connectivity index (χ0) is 24.3. The Bertz CT molecular complexity index is 1110. The van der Waals surface area contributed by atoms with Crippen LogP contribution in [0, 0.1) is 0 Å². The normalized spacial score (nSPS) is 12.3. The summed E-state index contributed by atoms with van der Waals surface area (Å²) < 4.78 is 5.25. The number of hydrogen-bond acceptors (Lipinski definition) is 4. The number of carboxylic acids is 1. The highest BCUT2D eigenvalue weighted by Crippen LogP contribution is 2.17. The lowest BCUT2D eigenvalue weighted by Gasteiger charge is -2.22. The molecule has 0 spiro atoms. The molecule has 0 aliphatic rings. The van der Waals surface area contributed by atoms with E-state index in [4.69, 9.17) is 16.3 Å². The highest BCUT2D eigenvalue weighted by molar-refractivity contribution is 6.31. The number of halogens is 1. The molecule has 0 aliphatic heterocycles. The topological polar surface area (TPSA) is 105 Å². The van der Waals surface area contributed by atoms with Crippen molar-refractivity contribution in [3.05, 3.63) is 107 Å². The van der Waals surface area contributed by atoms with Gasteiger partial charge in [-0.05, 0) is 22.8 Å². The number of carboxylic acid groups (broad SMARTS) is 1. The van der Waals surface area contributed by atoms with Gasteiger partial charge in [-0.25, -0.2) is 9.59 Å². The smallest absolute Gasteiger partial charge is 0.408 e. The van der Waals surface area contributed by atoms with Crippen LogP contribution in [-0.4, -0.2) is 35.2 Å². The molecule has 0 radical (unpaired) electrons. The third kappa shape index (κ3) is 7.64. The first-order valence-electron chi connectivity index (χ1n) is 10.7. The Kier molecular flexibility index (Phi) is 9.05. The van der Waals surface area contributed by atoms with Gasteiger partial charge in [-0.15, -0.1) is 0 Å². The summed E-state index contributed by atoms with van der Waals surface area (Å²) in [6.45, 7) is 0.0383. The van der Waals surface area contributed by atoms with Gasteiger partial charge in [0.25, 0.3) is 0 Å². The molecule has 34 heavy (non-hydrogen) atoms. The van der Waals surface area contributed by atoms with E-state index in [9.17, 15) is 19.5 Å². The molecule has 3 aromatic carbocycles. The number of aliphatic carboxylic acids is 1. The van der Waals surface area contributed by atoms with Crippen molar-refractivity contribution in [2.75, 3.05) is 0 Å². The predicted molar refractivity (Wildman–Crippen MR) is 128 cm³/mol. The van der Waals surface area contributed by atoms with Gasteiger partial charge in [-0.1, -0.05) is 90.5 Å². The third-order valence-corrected chi connectivity index (χ3v) is 5.47. The number of ether oxygens (including phenoxy) is 1. The Morgan fingerprint density at radius 1 is 0.765 bits per heavy atom. The van der Waals surface area contributed by atoms with E-state index in [1.807, 2.05) is 60.7 Å². The molecule has 2 amide bonds. The van der Waals surface area contributed by atoms with E-state index in [0.717, 1.165) is 11.1 Å². The van der Waals surface area contributed by atoms with Crippen molar-refractivity contribution >= 4 is 29.6 Å². The van der Waals surface area contributed by atoms with Crippen molar-refractivity contribution in [2.24, 2.45) is 0 Å². The molecule has 0 unspecified atom stereocenters. The number of hydrogen-bond donors (Lipinski definition) is 3. The van der Waals surface area contributed by atoms with Crippen LogP contribution in [0.15, 0.2) is 84.9 Å². The summed E-state index contributed by atoms with van der Waals surface area (Å²) in [6.07, 6.45) is -0.624. The minimum Gasteiger partial charge on any atom is -0.480 e. The molecule has 0 fully saturated rings. The summed E-state index contributed by atoms with van der Waals surface area (Å²) in [5.41, 5.74) is 2.18. The highest BCUT2D eigenvalue weighted by atomic mass is 35.5. The number of amides is 2. The molecule has 0 heterocycles. The quantitative estimate of drug-likeness (QED) is 0.407. The summed E-state index contributed by atoms with van der Waals surface area (Å²) in [6, 6.07) is 22.8. The average molecular weight is 481 g/mol. The maximum absolute atomic E-state index is 13.1. The van der Waals surface area contributed by atoms with Crippen molar-refractivity contribution in [1.29, 1.82) is 0 Å². The number of carbonyl (C=O) groups is 3. The number of carbonyl (C=O) groups excluding carboxylic acids is 2. The van der Waals surface area contributed by atoms with Gasteiger partial charge in [0.1, 0.15) is 18.7 Å². The first-order valence-corrected chi connectivity index (χ1v) is 11.1. The molecule has 7 nitrogen and oxygen atoms in total. The van der Waals surface area contributed by atoms with Crippen LogP contribution in [0.4, 0.5) is 4.79 Å². The number of alkyl carbamates (subject to hydrolysis) is 1. The second kappa shape index (κ2) is 12.4. The Morgan fingerprint density at radius 3 is 1.97 bits per heavy atom. The fourth-order valence-electron chi connectivity index (χ4n) is 3.32. The molecule has 0 aromatic heterocycles. The lowest BCUT2D eigenvalue weighted by atomic mass is 10.0. The van der Waals surface area contributed by atoms with Gasteiger partial charge in [-0.2, -0.15) is 0 Å². The van der Waals surface area contributed by atoms with Gasteiger partial charge in [0, 0.05) is 17.9 Å². The van der Waals surface area contributed by atoms with Crippen molar-refractivity contribution in [3.63, 3.8) is 0 Å². The molecule has 3 rings (SSSR count). The highest BCUT2D eigenvalue weighted by Gasteiger charge is 2.28. The van der Waals surface area contributed by atoms with Crippen molar-refractivity contribution < 1.29 is 24.2 Å². The zero-order valence-electron chi connectivity index (χ0n) is 18.3. The predicted octanol–water partition coefficient (Wildman–Crippen LogP) is 3.99. The molecule has 0 bridgehead atoms. The summed E-state index contributed by atoms with van der Waals surface area (Å²) in [7, 11) is 0. The first kappa shape index (κ1) is 24.8. The lowest BCUT2D eigenvalue weighted by molar-refractivity contribution is -0.142. The van der Waals surface area contributed by atoms with E-state index in [2.05, 4.69) is 10.6 Å². The second-order valence-electron chi connectivity index (χ2n) is 7.64. The SMILES string of the molecule is O=C(N[C@H](Cc1ccccc1)C(=O)N[C@@H](Cc1ccccc1Cl)C(=O)O)OCc1ccccc1. The van der Waals surface area contributed by atoms with E-state index in [1.54, 1.807) is 24.3 Å². The van der Waals surface area contributed by atoms with Gasteiger partial charge >= 0.3 is 12.1 Å². The van der Waals surface area contributed by atoms with Crippen LogP contribution >= 0.6 is 11.6 Å². The van der Waals surface area contributed by atoms with E-state index in [0.29, 0.717) is 10.6 Å². The standard InChI is InChI=1S/C26H25ClN2O5/c27-21-14-8-7-13-20(21)16-23(25(31)32)28-24(30)22(15-18-9-3-1-4-10-18)29-26(33)34-17-19-11-5-2-6-12-19/h1-14,22-23H,15-17H2,(H,28,30)(H,29,33)(H,31,32)/t22-,23+/m1/s1. The van der Waals surface area contributed by atoms with Crippen molar-refractivity contribution in [1.82, 2.24) is 10.6 Å². The fourth-order valence-corrected chi connectivity index (χ4v) is 3.54. The van der Waals surface area contributed by atoms with E-state index in [-0.39, 0.29) is 19.4 Å². The number of benzene rings is 3. The van der Waals surface area contributed by atoms with Gasteiger partial charge < -0.3 is 20.5 Å². The van der Waals surface area contributed by atoms with Gasteiger partial charge in [0.15, 0.2) is 0 Å². The largest absolute Gasteiger partial charge is 0.480 e. The Hall–Kier alpha value is -3.84. The van der Waals surface area contributed by atoms with E-state index in [1.165, 1.54) is 0 Å². The average Bonchev–Trinajstić information content (AvgIpc) is 2.84. The first-order chi connectivity index (χ1) is 16.4. The third-order valence-electron chi connectivity index (χ3n) is 5.10. The van der Waals surface area contributed by atoms with Gasteiger partial charge in [0.2, 0.25) is 5.91 Å². The van der Waals surface area contributed by atoms with Crippen LogP contribution in [0.5, 0.6) is 0 Å².